The highest BCUT2D eigenvalue weighted by molar-refractivity contribution is 5.90. The van der Waals surface area contributed by atoms with E-state index in [9.17, 15) is 30.3 Å². The van der Waals surface area contributed by atoms with Crippen molar-refractivity contribution >= 4 is 11.9 Å². The van der Waals surface area contributed by atoms with E-state index < -0.39 is 97.2 Å². The molecule has 42 heavy (non-hydrogen) atoms. The molecule has 2 heterocycles. The molecule has 17 N–H and O–H groups in total. The van der Waals surface area contributed by atoms with Crippen LogP contribution in [0.1, 0.15) is 32.6 Å². The number of aliphatic hydroxyl groups excluding tert-OH is 4. The number of nitrogens with two attached hydrogens (primary N) is 5. The first-order chi connectivity index (χ1) is 19.8. The average molecular weight is 605 g/mol. The van der Waals surface area contributed by atoms with Crippen LogP contribution in [-0.2, 0) is 19.0 Å². The molecule has 15 atom stereocenters. The Morgan fingerprint density at radius 1 is 1.07 bits per heavy atom. The minimum Gasteiger partial charge on any atom is -0.394 e. The number of aliphatic imine (C=N–C) groups is 1. The van der Waals surface area contributed by atoms with Crippen LogP contribution in [0.15, 0.2) is 4.99 Å². The highest BCUT2D eigenvalue weighted by Gasteiger charge is 2.61. The van der Waals surface area contributed by atoms with Crippen LogP contribution < -0.4 is 39.3 Å². The molecule has 17 heteroatoms. The molecule has 0 bridgehead atoms. The van der Waals surface area contributed by atoms with Crippen molar-refractivity contribution in [3.05, 3.63) is 0 Å². The lowest BCUT2D eigenvalue weighted by Gasteiger charge is -2.51. The predicted octanol–water partition coefficient (Wildman–Crippen LogP) is -6.41. The highest BCUT2D eigenvalue weighted by Crippen LogP contribution is 2.41. The molecule has 0 spiro atoms. The molecule has 4 rings (SSSR count). The van der Waals surface area contributed by atoms with Gasteiger partial charge in [-0.3, -0.25) is 4.79 Å². The Morgan fingerprint density at radius 2 is 1.79 bits per heavy atom. The molecule has 0 radical (unpaired) electrons. The van der Waals surface area contributed by atoms with Gasteiger partial charge >= 0.3 is 0 Å². The summed E-state index contributed by atoms with van der Waals surface area (Å²) in [6.45, 7) is 2.72. The summed E-state index contributed by atoms with van der Waals surface area (Å²) in [6.07, 6.45) is -7.61. The molecule has 2 saturated carbocycles. The summed E-state index contributed by atoms with van der Waals surface area (Å²) in [4.78, 5) is 17.0. The van der Waals surface area contributed by atoms with E-state index in [1.54, 1.807) is 0 Å². The van der Waals surface area contributed by atoms with Crippen LogP contribution in [-0.4, -0.2) is 142 Å². The number of rotatable bonds is 10. The molecule has 2 aliphatic heterocycles. The maximum atomic E-state index is 13.2. The first-order valence-electron chi connectivity index (χ1n) is 14.5. The molecule has 4 aliphatic rings. The van der Waals surface area contributed by atoms with Gasteiger partial charge in [0.05, 0.1) is 43.0 Å². The Morgan fingerprint density at radius 3 is 2.43 bits per heavy atom. The Bertz CT molecular complexity index is 959. The summed E-state index contributed by atoms with van der Waals surface area (Å²) in [5.74, 6) is -1.81. The van der Waals surface area contributed by atoms with Crippen molar-refractivity contribution in [3.8, 4) is 0 Å². The van der Waals surface area contributed by atoms with Crippen molar-refractivity contribution in [2.75, 3.05) is 19.7 Å². The third kappa shape index (κ3) is 6.82. The summed E-state index contributed by atoms with van der Waals surface area (Å²) in [6, 6.07) is -4.21. The summed E-state index contributed by atoms with van der Waals surface area (Å²) in [7, 11) is 0. The molecule has 2 saturated heterocycles. The van der Waals surface area contributed by atoms with E-state index in [-0.39, 0.29) is 24.9 Å². The average Bonchev–Trinajstić information content (AvgIpc) is 3.60. The number of hydrogen-bond acceptors (Lipinski definition) is 14. The molecule has 3 unspecified atom stereocenters. The summed E-state index contributed by atoms with van der Waals surface area (Å²) < 4.78 is 18.0. The second-order valence-electron chi connectivity index (χ2n) is 11.9. The second-order valence-corrected chi connectivity index (χ2v) is 11.9. The molecule has 4 fully saturated rings. The monoisotopic (exact) mass is 604 g/mol. The number of ether oxygens (including phenoxy) is 3. The zero-order valence-corrected chi connectivity index (χ0v) is 23.7. The van der Waals surface area contributed by atoms with Gasteiger partial charge in [-0.25, -0.2) is 4.99 Å². The molecular formula is C25H48N8O9. The first-order valence-corrected chi connectivity index (χ1v) is 14.5. The summed E-state index contributed by atoms with van der Waals surface area (Å²) >= 11 is 0. The van der Waals surface area contributed by atoms with Gasteiger partial charge in [0.15, 0.2) is 17.9 Å². The number of hydrogen-bond donors (Lipinski definition) is 12. The summed E-state index contributed by atoms with van der Waals surface area (Å²) in [5.41, 5.74) is 27.9. The SMILES string of the molecule is CCNC[C@@H]1CC[C@@H](N)[C@@H](C2[C@@H](N)C[C@@H](NC(=O)C3(O)CC3N=C(N)N)[C@H](O[C@H]3O[C@H](CO)[C@@H](O)[C@H](N)[C@H]3O)[C@H]2O)O1. The van der Waals surface area contributed by atoms with Crippen LogP contribution in [0.4, 0.5) is 0 Å². The Hall–Kier alpha value is -1.74. The van der Waals surface area contributed by atoms with Gasteiger partial charge in [0.1, 0.15) is 24.4 Å². The van der Waals surface area contributed by atoms with E-state index >= 15 is 0 Å². The van der Waals surface area contributed by atoms with Gasteiger partial charge < -0.3 is 79.0 Å². The first kappa shape index (κ1) is 33.2. The lowest BCUT2D eigenvalue weighted by molar-refractivity contribution is -0.306. The molecule has 2 aliphatic carbocycles. The number of amides is 1. The Balaban J connectivity index is 1.58. The molecular weight excluding hydrogens is 556 g/mol. The van der Waals surface area contributed by atoms with Gasteiger partial charge in [-0.2, -0.15) is 0 Å². The van der Waals surface area contributed by atoms with E-state index in [2.05, 4.69) is 15.6 Å². The fourth-order valence-electron chi connectivity index (χ4n) is 6.30. The van der Waals surface area contributed by atoms with Gasteiger partial charge in [0.2, 0.25) is 0 Å². The molecule has 0 aromatic heterocycles. The third-order valence-corrected chi connectivity index (χ3v) is 8.88. The Labute approximate surface area is 244 Å². The smallest absolute Gasteiger partial charge is 0.254 e. The number of nitrogens with zero attached hydrogens (tertiary/aromatic N) is 1. The number of carbonyl (C=O) groups is 1. The van der Waals surface area contributed by atoms with E-state index in [1.807, 2.05) is 6.92 Å². The lowest BCUT2D eigenvalue weighted by Crippen LogP contribution is -2.69. The fraction of sp³-hybridized carbons (Fsp3) is 0.920. The summed E-state index contributed by atoms with van der Waals surface area (Å²) in [5, 5.41) is 59.2. The maximum absolute atomic E-state index is 13.2. The molecule has 17 nitrogen and oxygen atoms in total. The van der Waals surface area contributed by atoms with Gasteiger partial charge in [0.25, 0.3) is 5.91 Å². The fourth-order valence-corrected chi connectivity index (χ4v) is 6.30. The van der Waals surface area contributed by atoms with Gasteiger partial charge in [-0.1, -0.05) is 6.92 Å². The van der Waals surface area contributed by atoms with Crippen molar-refractivity contribution in [1.82, 2.24) is 10.6 Å². The van der Waals surface area contributed by atoms with E-state index in [0.29, 0.717) is 13.0 Å². The lowest BCUT2D eigenvalue weighted by atomic mass is 9.72. The minimum atomic E-state index is -1.87. The molecule has 0 aromatic carbocycles. The van der Waals surface area contributed by atoms with Crippen molar-refractivity contribution in [2.24, 2.45) is 39.6 Å². The third-order valence-electron chi connectivity index (χ3n) is 8.88. The standard InChI is InChI=1S/C25H48N8O9/c1-2-31-7-9-3-4-10(26)20(40-9)15-11(27)5-12(32-23(38)25(39)6-14(25)33-24(29)30)21(18(15)36)42-22-19(37)16(28)17(35)13(8-34)41-22/h9-22,31,34-37,39H,2-8,26-28H2,1H3,(H,32,38)(H4,29,30,33)/t9-,10+,11-,12+,13+,14?,15?,16-,17+,18-,19+,20-,21-,22+,25?/m0/s1. The van der Waals surface area contributed by atoms with Crippen LogP contribution in [0.25, 0.3) is 0 Å². The topological polar surface area (TPSA) is 312 Å². The normalized spacial score (nSPS) is 47.5. The number of carbonyl (C=O) groups excluding carboxylic acids is 1. The van der Waals surface area contributed by atoms with Crippen LogP contribution in [0.5, 0.6) is 0 Å². The number of nitrogens with one attached hydrogen (secondary N) is 2. The quantitative estimate of drug-likeness (QED) is 0.0814. The molecule has 1 amide bonds. The maximum Gasteiger partial charge on any atom is 0.254 e. The van der Waals surface area contributed by atoms with Crippen molar-refractivity contribution in [3.63, 3.8) is 0 Å². The van der Waals surface area contributed by atoms with E-state index in [1.165, 1.54) is 0 Å². The minimum absolute atomic E-state index is 0.0144. The van der Waals surface area contributed by atoms with Gasteiger partial charge in [0, 0.05) is 31.0 Å². The van der Waals surface area contributed by atoms with E-state index in [0.717, 1.165) is 13.0 Å². The van der Waals surface area contributed by atoms with Crippen LogP contribution >= 0.6 is 0 Å². The molecule has 0 aromatic rings. The zero-order valence-electron chi connectivity index (χ0n) is 23.7. The van der Waals surface area contributed by atoms with Gasteiger partial charge in [-0.05, 0) is 25.8 Å². The largest absolute Gasteiger partial charge is 0.394 e. The van der Waals surface area contributed by atoms with Crippen molar-refractivity contribution < 1.29 is 44.5 Å². The number of guanidine groups is 1. The van der Waals surface area contributed by atoms with E-state index in [4.69, 9.17) is 42.9 Å². The molecule has 242 valence electrons. The Kier molecular flexibility index (Phi) is 10.7. The van der Waals surface area contributed by atoms with Crippen molar-refractivity contribution in [1.29, 1.82) is 0 Å². The van der Waals surface area contributed by atoms with Crippen LogP contribution in [0.2, 0.25) is 0 Å². The van der Waals surface area contributed by atoms with Gasteiger partial charge in [-0.15, -0.1) is 0 Å². The number of aliphatic hydroxyl groups is 5. The predicted molar refractivity (Wildman–Crippen MR) is 148 cm³/mol. The zero-order chi connectivity index (χ0) is 30.9. The van der Waals surface area contributed by atoms with Crippen LogP contribution in [0, 0.1) is 5.92 Å². The van der Waals surface area contributed by atoms with Crippen molar-refractivity contribution in [2.45, 2.75) is 117 Å². The number of likely N-dealkylation sites (N-methyl/N-ethyl adjacent to an activating group) is 1. The second kappa shape index (κ2) is 13.5. The van der Waals surface area contributed by atoms with Crippen LogP contribution in [0.3, 0.4) is 0 Å². The highest BCUT2D eigenvalue weighted by atomic mass is 16.7.